The number of rotatable bonds is 5. The lowest BCUT2D eigenvalue weighted by atomic mass is 9.77. The van der Waals surface area contributed by atoms with Crippen LogP contribution in [0.3, 0.4) is 0 Å². The van der Waals surface area contributed by atoms with Gasteiger partial charge >= 0.3 is 0 Å². The van der Waals surface area contributed by atoms with E-state index in [9.17, 15) is 0 Å². The molecule has 0 N–H and O–H groups in total. The van der Waals surface area contributed by atoms with Gasteiger partial charge in [-0.2, -0.15) is 0 Å². The van der Waals surface area contributed by atoms with Gasteiger partial charge in [0, 0.05) is 0 Å². The molecule has 15 heavy (non-hydrogen) atoms. The second-order valence-electron chi connectivity index (χ2n) is 5.78. The van der Waals surface area contributed by atoms with E-state index in [4.69, 9.17) is 0 Å². The average Bonchev–Trinajstić information content (AvgIpc) is 2.53. The molecule has 0 aromatic heterocycles. The summed E-state index contributed by atoms with van der Waals surface area (Å²) in [6, 6.07) is 0. The van der Waals surface area contributed by atoms with E-state index >= 15 is 0 Å². The monoisotopic (exact) mass is 208 g/mol. The lowest BCUT2D eigenvalue weighted by Gasteiger charge is -2.28. The zero-order valence-electron chi connectivity index (χ0n) is 11.1. The predicted molar refractivity (Wildman–Crippen MR) is 68.9 cm³/mol. The van der Waals surface area contributed by atoms with E-state index in [2.05, 4.69) is 34.3 Å². The minimum absolute atomic E-state index is 0.872. The van der Waals surface area contributed by atoms with Crippen molar-refractivity contribution in [1.82, 2.24) is 0 Å². The summed E-state index contributed by atoms with van der Waals surface area (Å²) in [6.45, 7) is 13.8. The highest BCUT2D eigenvalue weighted by Crippen LogP contribution is 2.42. The normalized spacial score (nSPS) is 30.5. The molecule has 1 aliphatic rings. The second-order valence-corrected chi connectivity index (χ2v) is 5.78. The maximum atomic E-state index is 4.16. The van der Waals surface area contributed by atoms with Crippen molar-refractivity contribution in [1.29, 1.82) is 0 Å². The molecule has 4 atom stereocenters. The van der Waals surface area contributed by atoms with Crippen molar-refractivity contribution in [2.24, 2.45) is 23.7 Å². The number of allylic oxidation sites excluding steroid dienone is 1. The fraction of sp³-hybridized carbons (Fsp3) is 0.867. The molecule has 0 saturated heterocycles. The SMILES string of the molecule is C=C1CC(C)C(C(C)C(C)CCCC)C1. The fourth-order valence-corrected chi connectivity index (χ4v) is 3.14. The van der Waals surface area contributed by atoms with E-state index in [1.807, 2.05) is 0 Å². The molecule has 1 rings (SSSR count). The van der Waals surface area contributed by atoms with Crippen molar-refractivity contribution >= 4 is 0 Å². The fourth-order valence-electron chi connectivity index (χ4n) is 3.14. The Hall–Kier alpha value is -0.260. The molecule has 0 nitrogen and oxygen atoms in total. The van der Waals surface area contributed by atoms with Crippen molar-refractivity contribution in [3.05, 3.63) is 12.2 Å². The Kier molecular flexibility index (Phi) is 4.89. The average molecular weight is 208 g/mol. The second kappa shape index (κ2) is 5.72. The first kappa shape index (κ1) is 12.8. The van der Waals surface area contributed by atoms with E-state index in [1.165, 1.54) is 37.7 Å². The third-order valence-electron chi connectivity index (χ3n) is 4.45. The van der Waals surface area contributed by atoms with Crippen LogP contribution in [0.15, 0.2) is 12.2 Å². The van der Waals surface area contributed by atoms with Gasteiger partial charge in [-0.25, -0.2) is 0 Å². The maximum absolute atomic E-state index is 4.16. The molecular formula is C15H28. The minimum Gasteiger partial charge on any atom is -0.0998 e. The van der Waals surface area contributed by atoms with Crippen molar-refractivity contribution in [3.63, 3.8) is 0 Å². The van der Waals surface area contributed by atoms with Crippen LogP contribution in [-0.2, 0) is 0 Å². The molecule has 0 bridgehead atoms. The Morgan fingerprint density at radius 1 is 1.33 bits per heavy atom. The maximum Gasteiger partial charge on any atom is -0.0289 e. The molecule has 1 fully saturated rings. The van der Waals surface area contributed by atoms with Crippen molar-refractivity contribution in [2.75, 3.05) is 0 Å². The summed E-state index contributed by atoms with van der Waals surface area (Å²) in [5.74, 6) is 3.55. The highest BCUT2D eigenvalue weighted by atomic mass is 14.4. The summed E-state index contributed by atoms with van der Waals surface area (Å²) in [5.41, 5.74) is 1.49. The largest absolute Gasteiger partial charge is 0.0998 e. The first-order chi connectivity index (χ1) is 7.06. The lowest BCUT2D eigenvalue weighted by Crippen LogP contribution is -2.21. The molecule has 88 valence electrons. The van der Waals surface area contributed by atoms with Gasteiger partial charge in [-0.05, 0) is 36.5 Å². The third kappa shape index (κ3) is 3.36. The summed E-state index contributed by atoms with van der Waals surface area (Å²) < 4.78 is 0. The molecule has 1 aliphatic carbocycles. The molecule has 0 heteroatoms. The Labute approximate surface area is 96.2 Å². The van der Waals surface area contributed by atoms with Crippen molar-refractivity contribution < 1.29 is 0 Å². The van der Waals surface area contributed by atoms with Crippen molar-refractivity contribution in [3.8, 4) is 0 Å². The van der Waals surface area contributed by atoms with Gasteiger partial charge in [-0.3, -0.25) is 0 Å². The molecule has 0 aliphatic heterocycles. The number of hydrogen-bond acceptors (Lipinski definition) is 0. The van der Waals surface area contributed by atoms with Gasteiger partial charge in [0.05, 0.1) is 0 Å². The van der Waals surface area contributed by atoms with Gasteiger partial charge in [0.1, 0.15) is 0 Å². The van der Waals surface area contributed by atoms with Gasteiger partial charge in [0.2, 0.25) is 0 Å². The Balaban J connectivity index is 2.44. The molecule has 0 aromatic carbocycles. The number of hydrogen-bond donors (Lipinski definition) is 0. The van der Waals surface area contributed by atoms with Crippen LogP contribution in [0.1, 0.15) is 59.8 Å². The molecule has 1 saturated carbocycles. The van der Waals surface area contributed by atoms with Crippen LogP contribution in [0, 0.1) is 23.7 Å². The van der Waals surface area contributed by atoms with Crippen LogP contribution in [0.25, 0.3) is 0 Å². The van der Waals surface area contributed by atoms with Gasteiger partial charge in [-0.15, -0.1) is 0 Å². The van der Waals surface area contributed by atoms with Crippen LogP contribution in [0.4, 0.5) is 0 Å². The van der Waals surface area contributed by atoms with E-state index in [-0.39, 0.29) is 0 Å². The third-order valence-corrected chi connectivity index (χ3v) is 4.45. The summed E-state index contributed by atoms with van der Waals surface area (Å²) >= 11 is 0. The van der Waals surface area contributed by atoms with Gasteiger partial charge < -0.3 is 0 Å². The highest BCUT2D eigenvalue weighted by Gasteiger charge is 2.32. The predicted octanol–water partition coefficient (Wildman–Crippen LogP) is 5.05. The lowest BCUT2D eigenvalue weighted by molar-refractivity contribution is 0.211. The Morgan fingerprint density at radius 3 is 2.47 bits per heavy atom. The van der Waals surface area contributed by atoms with E-state index in [1.54, 1.807) is 0 Å². The molecular weight excluding hydrogens is 180 g/mol. The van der Waals surface area contributed by atoms with Crippen LogP contribution in [-0.4, -0.2) is 0 Å². The summed E-state index contributed by atoms with van der Waals surface area (Å²) in [5, 5.41) is 0. The standard InChI is InChI=1S/C15H28/c1-6-7-8-12(3)14(5)15-10-11(2)9-13(15)4/h12-15H,2,6-10H2,1,3-5H3. The van der Waals surface area contributed by atoms with Crippen LogP contribution in [0.2, 0.25) is 0 Å². The van der Waals surface area contributed by atoms with E-state index < -0.39 is 0 Å². The van der Waals surface area contributed by atoms with Crippen LogP contribution < -0.4 is 0 Å². The zero-order chi connectivity index (χ0) is 11.4. The van der Waals surface area contributed by atoms with E-state index in [0.29, 0.717) is 0 Å². The van der Waals surface area contributed by atoms with Crippen LogP contribution >= 0.6 is 0 Å². The summed E-state index contributed by atoms with van der Waals surface area (Å²) in [6.07, 6.45) is 6.71. The van der Waals surface area contributed by atoms with Gasteiger partial charge in [-0.1, -0.05) is 59.1 Å². The molecule has 0 amide bonds. The summed E-state index contributed by atoms with van der Waals surface area (Å²) in [4.78, 5) is 0. The molecule has 4 unspecified atom stereocenters. The molecule has 0 heterocycles. The highest BCUT2D eigenvalue weighted by molar-refractivity contribution is 5.06. The smallest absolute Gasteiger partial charge is 0.0289 e. The van der Waals surface area contributed by atoms with Gasteiger partial charge in [0.15, 0.2) is 0 Å². The minimum atomic E-state index is 0.872. The first-order valence-corrected chi connectivity index (χ1v) is 6.72. The topological polar surface area (TPSA) is 0 Å². The van der Waals surface area contributed by atoms with Crippen LogP contribution in [0.5, 0.6) is 0 Å². The zero-order valence-corrected chi connectivity index (χ0v) is 11.1. The van der Waals surface area contributed by atoms with Crippen molar-refractivity contribution in [2.45, 2.75) is 59.8 Å². The Bertz CT molecular complexity index is 204. The molecule has 0 aromatic rings. The van der Waals surface area contributed by atoms with E-state index in [0.717, 1.165) is 23.7 Å². The quantitative estimate of drug-likeness (QED) is 0.555. The Morgan fingerprint density at radius 2 is 2.00 bits per heavy atom. The molecule has 0 spiro atoms. The first-order valence-electron chi connectivity index (χ1n) is 6.72. The number of unbranched alkanes of at least 4 members (excludes halogenated alkanes) is 1. The summed E-state index contributed by atoms with van der Waals surface area (Å²) in [7, 11) is 0. The molecule has 0 radical (unpaired) electrons. The van der Waals surface area contributed by atoms with Gasteiger partial charge in [0.25, 0.3) is 0 Å².